The summed E-state index contributed by atoms with van der Waals surface area (Å²) in [6.07, 6.45) is 2.44. The van der Waals surface area contributed by atoms with Crippen molar-refractivity contribution in [2.75, 3.05) is 32.1 Å². The molecule has 4 heteroatoms. The lowest BCUT2D eigenvalue weighted by molar-refractivity contribution is 0.311. The Morgan fingerprint density at radius 2 is 2.28 bits per heavy atom. The third-order valence-corrected chi connectivity index (χ3v) is 3.13. The van der Waals surface area contributed by atoms with Crippen LogP contribution >= 0.6 is 0 Å². The summed E-state index contributed by atoms with van der Waals surface area (Å²) in [7, 11) is 1.66. The van der Waals surface area contributed by atoms with Gasteiger partial charge in [-0.05, 0) is 38.4 Å². The average Bonchev–Trinajstić information content (AvgIpc) is 2.41. The second kappa shape index (κ2) is 6.50. The summed E-state index contributed by atoms with van der Waals surface area (Å²) in [5.41, 5.74) is 1.09. The van der Waals surface area contributed by atoms with Crippen LogP contribution in [0.2, 0.25) is 0 Å². The predicted octanol–water partition coefficient (Wildman–Crippen LogP) is 2.26. The summed E-state index contributed by atoms with van der Waals surface area (Å²) in [5, 5.41) is 6.93. The quantitative estimate of drug-likeness (QED) is 0.841. The highest BCUT2D eigenvalue weighted by atomic mass is 16.5. The van der Waals surface area contributed by atoms with Gasteiger partial charge in [0.15, 0.2) is 11.5 Å². The molecule has 0 aromatic heterocycles. The summed E-state index contributed by atoms with van der Waals surface area (Å²) in [4.78, 5) is 0. The fraction of sp³-hybridized carbons (Fsp3) is 0.571. The van der Waals surface area contributed by atoms with Gasteiger partial charge in [-0.2, -0.15) is 0 Å². The molecule has 1 unspecified atom stereocenters. The van der Waals surface area contributed by atoms with Crippen LogP contribution in [0.25, 0.3) is 0 Å². The SMILES string of the molecule is CCOc1cc(NC2CCCNC2)ccc1OC. The van der Waals surface area contributed by atoms with Crippen LogP contribution in [0.5, 0.6) is 11.5 Å². The Labute approximate surface area is 109 Å². The molecule has 4 nitrogen and oxygen atoms in total. The van der Waals surface area contributed by atoms with Gasteiger partial charge in [-0.15, -0.1) is 0 Å². The van der Waals surface area contributed by atoms with Crippen molar-refractivity contribution >= 4 is 5.69 Å². The Hall–Kier alpha value is -1.42. The Kier molecular flexibility index (Phi) is 4.70. The van der Waals surface area contributed by atoms with E-state index in [2.05, 4.69) is 10.6 Å². The maximum absolute atomic E-state index is 5.58. The summed E-state index contributed by atoms with van der Waals surface area (Å²) in [6.45, 7) is 4.77. The number of hydrogen-bond donors (Lipinski definition) is 2. The number of ether oxygens (including phenoxy) is 2. The molecule has 0 radical (unpaired) electrons. The standard InChI is InChI=1S/C14H22N2O2/c1-3-18-14-9-11(6-7-13(14)17-2)16-12-5-4-8-15-10-12/h6-7,9,12,15-16H,3-5,8,10H2,1-2H3. The van der Waals surface area contributed by atoms with E-state index in [0.29, 0.717) is 12.6 Å². The minimum atomic E-state index is 0.502. The van der Waals surface area contributed by atoms with E-state index in [1.54, 1.807) is 7.11 Å². The third-order valence-electron chi connectivity index (χ3n) is 3.13. The van der Waals surface area contributed by atoms with Gasteiger partial charge in [-0.3, -0.25) is 0 Å². The number of nitrogens with one attached hydrogen (secondary N) is 2. The zero-order valence-corrected chi connectivity index (χ0v) is 11.2. The van der Waals surface area contributed by atoms with E-state index in [1.807, 2.05) is 25.1 Å². The lowest BCUT2D eigenvalue weighted by Crippen LogP contribution is -2.38. The molecule has 1 aliphatic heterocycles. The highest BCUT2D eigenvalue weighted by Crippen LogP contribution is 2.30. The van der Waals surface area contributed by atoms with Crippen molar-refractivity contribution in [2.45, 2.75) is 25.8 Å². The summed E-state index contributed by atoms with van der Waals surface area (Å²) in [5.74, 6) is 1.58. The van der Waals surface area contributed by atoms with E-state index in [0.717, 1.165) is 30.3 Å². The zero-order chi connectivity index (χ0) is 12.8. The molecular formula is C14H22N2O2. The molecule has 1 heterocycles. The maximum atomic E-state index is 5.58. The molecule has 0 aliphatic carbocycles. The number of methoxy groups -OCH3 is 1. The Morgan fingerprint density at radius 3 is 2.94 bits per heavy atom. The topological polar surface area (TPSA) is 42.5 Å². The van der Waals surface area contributed by atoms with Crippen LogP contribution < -0.4 is 20.1 Å². The molecule has 18 heavy (non-hydrogen) atoms. The molecule has 1 atom stereocenters. The zero-order valence-electron chi connectivity index (χ0n) is 11.2. The molecule has 1 aliphatic rings. The van der Waals surface area contributed by atoms with Gasteiger partial charge >= 0.3 is 0 Å². The number of hydrogen-bond acceptors (Lipinski definition) is 4. The maximum Gasteiger partial charge on any atom is 0.163 e. The minimum absolute atomic E-state index is 0.502. The fourth-order valence-corrected chi connectivity index (χ4v) is 2.25. The van der Waals surface area contributed by atoms with E-state index in [1.165, 1.54) is 12.8 Å². The van der Waals surface area contributed by atoms with Gasteiger partial charge in [0.1, 0.15) is 0 Å². The second-order valence-electron chi connectivity index (χ2n) is 4.49. The highest BCUT2D eigenvalue weighted by Gasteiger charge is 2.13. The second-order valence-corrected chi connectivity index (χ2v) is 4.49. The molecule has 1 aromatic carbocycles. The molecule has 0 saturated carbocycles. The summed E-state index contributed by atoms with van der Waals surface area (Å²) in [6, 6.07) is 6.50. The Morgan fingerprint density at radius 1 is 1.39 bits per heavy atom. The highest BCUT2D eigenvalue weighted by molar-refractivity contribution is 5.55. The van der Waals surface area contributed by atoms with Crippen LogP contribution in [-0.2, 0) is 0 Å². The van der Waals surface area contributed by atoms with Gasteiger partial charge in [0, 0.05) is 24.3 Å². The minimum Gasteiger partial charge on any atom is -0.493 e. The number of anilines is 1. The average molecular weight is 250 g/mol. The van der Waals surface area contributed by atoms with E-state index in [9.17, 15) is 0 Å². The van der Waals surface area contributed by atoms with Gasteiger partial charge in [-0.25, -0.2) is 0 Å². The van der Waals surface area contributed by atoms with Crippen LogP contribution in [0.4, 0.5) is 5.69 Å². The third kappa shape index (κ3) is 3.29. The van der Waals surface area contributed by atoms with E-state index in [4.69, 9.17) is 9.47 Å². The first-order valence-electron chi connectivity index (χ1n) is 6.61. The van der Waals surface area contributed by atoms with Crippen molar-refractivity contribution in [1.29, 1.82) is 0 Å². The first-order chi connectivity index (χ1) is 8.83. The summed E-state index contributed by atoms with van der Waals surface area (Å²) < 4.78 is 10.9. The van der Waals surface area contributed by atoms with Crippen molar-refractivity contribution in [3.05, 3.63) is 18.2 Å². The largest absolute Gasteiger partial charge is 0.493 e. The molecule has 1 fully saturated rings. The lowest BCUT2D eigenvalue weighted by atomic mass is 10.1. The Bertz CT molecular complexity index is 376. The van der Waals surface area contributed by atoms with Crippen LogP contribution in [0.3, 0.4) is 0 Å². The van der Waals surface area contributed by atoms with Crippen LogP contribution in [-0.4, -0.2) is 32.8 Å². The normalized spacial score (nSPS) is 19.3. The van der Waals surface area contributed by atoms with Crippen molar-refractivity contribution in [2.24, 2.45) is 0 Å². The number of rotatable bonds is 5. The molecule has 1 saturated heterocycles. The smallest absolute Gasteiger partial charge is 0.163 e. The first kappa shape index (κ1) is 13.0. The van der Waals surface area contributed by atoms with E-state index >= 15 is 0 Å². The molecule has 2 rings (SSSR count). The van der Waals surface area contributed by atoms with Gasteiger partial charge in [0.05, 0.1) is 13.7 Å². The van der Waals surface area contributed by atoms with E-state index < -0.39 is 0 Å². The fourth-order valence-electron chi connectivity index (χ4n) is 2.25. The van der Waals surface area contributed by atoms with Gasteiger partial charge in [-0.1, -0.05) is 0 Å². The number of benzene rings is 1. The number of piperidine rings is 1. The van der Waals surface area contributed by atoms with Crippen molar-refractivity contribution in [1.82, 2.24) is 5.32 Å². The molecule has 1 aromatic rings. The molecule has 2 N–H and O–H groups in total. The van der Waals surface area contributed by atoms with Crippen LogP contribution in [0, 0.1) is 0 Å². The molecule has 0 spiro atoms. The molecule has 0 amide bonds. The molecule has 0 bridgehead atoms. The van der Waals surface area contributed by atoms with Gasteiger partial charge in [0.2, 0.25) is 0 Å². The monoisotopic (exact) mass is 250 g/mol. The van der Waals surface area contributed by atoms with Gasteiger partial charge < -0.3 is 20.1 Å². The predicted molar refractivity (Wildman–Crippen MR) is 73.7 cm³/mol. The first-order valence-corrected chi connectivity index (χ1v) is 6.61. The van der Waals surface area contributed by atoms with Crippen molar-refractivity contribution in [3.63, 3.8) is 0 Å². The Balaban J connectivity index is 2.05. The van der Waals surface area contributed by atoms with E-state index in [-0.39, 0.29) is 0 Å². The summed E-state index contributed by atoms with van der Waals surface area (Å²) >= 11 is 0. The van der Waals surface area contributed by atoms with Crippen LogP contribution in [0.1, 0.15) is 19.8 Å². The molecule has 100 valence electrons. The van der Waals surface area contributed by atoms with Crippen molar-refractivity contribution < 1.29 is 9.47 Å². The van der Waals surface area contributed by atoms with Gasteiger partial charge in [0.25, 0.3) is 0 Å². The van der Waals surface area contributed by atoms with Crippen LogP contribution in [0.15, 0.2) is 18.2 Å². The molecular weight excluding hydrogens is 228 g/mol. The lowest BCUT2D eigenvalue weighted by Gasteiger charge is -2.25. The van der Waals surface area contributed by atoms with Crippen molar-refractivity contribution in [3.8, 4) is 11.5 Å².